The number of aromatic amines is 1. The molecule has 0 aromatic carbocycles. The summed E-state index contributed by atoms with van der Waals surface area (Å²) in [6, 6.07) is -0.0977. The molecule has 2 aromatic heterocycles. The van der Waals surface area contributed by atoms with Gasteiger partial charge in [0, 0.05) is 43.9 Å². The molecule has 0 bridgehead atoms. The van der Waals surface area contributed by atoms with E-state index in [0.29, 0.717) is 18.8 Å². The van der Waals surface area contributed by atoms with Crippen molar-refractivity contribution in [2.45, 2.75) is 6.92 Å². The van der Waals surface area contributed by atoms with Gasteiger partial charge in [-0.1, -0.05) is 0 Å². The average Bonchev–Trinajstić information content (AvgIpc) is 3.10. The van der Waals surface area contributed by atoms with E-state index < -0.39 is 0 Å². The second kappa shape index (κ2) is 5.45. The second-order valence-electron chi connectivity index (χ2n) is 4.52. The zero-order valence-electron chi connectivity index (χ0n) is 11.0. The fourth-order valence-electron chi connectivity index (χ4n) is 2.04. The highest BCUT2D eigenvalue weighted by molar-refractivity contribution is 7.09. The smallest absolute Gasteiger partial charge is 0.322 e. The first-order valence-corrected chi connectivity index (χ1v) is 7.09. The summed E-state index contributed by atoms with van der Waals surface area (Å²) < 4.78 is 4.18. The number of aromatic nitrogens is 4. The first-order chi connectivity index (χ1) is 9.72. The number of nitrogens with one attached hydrogen (secondary N) is 2. The number of H-pyrrole nitrogens is 1. The minimum absolute atomic E-state index is 0.0977. The molecule has 8 nitrogen and oxygen atoms in total. The highest BCUT2D eigenvalue weighted by atomic mass is 32.1. The van der Waals surface area contributed by atoms with E-state index in [0.717, 1.165) is 24.0 Å². The van der Waals surface area contributed by atoms with E-state index in [4.69, 9.17) is 0 Å². The predicted molar refractivity (Wildman–Crippen MR) is 76.0 cm³/mol. The number of aryl methyl sites for hydroxylation is 1. The average molecular weight is 293 g/mol. The van der Waals surface area contributed by atoms with Crippen LogP contribution in [-0.4, -0.2) is 56.7 Å². The molecule has 0 aliphatic carbocycles. The zero-order valence-corrected chi connectivity index (χ0v) is 11.9. The Morgan fingerprint density at radius 3 is 2.80 bits per heavy atom. The quantitative estimate of drug-likeness (QED) is 0.859. The van der Waals surface area contributed by atoms with Crippen LogP contribution in [0, 0.1) is 6.92 Å². The van der Waals surface area contributed by atoms with Crippen molar-refractivity contribution in [3.05, 3.63) is 18.2 Å². The normalized spacial score (nSPS) is 15.4. The third-order valence-electron chi connectivity index (χ3n) is 3.10. The summed E-state index contributed by atoms with van der Waals surface area (Å²) >= 11 is 1.40. The van der Waals surface area contributed by atoms with Gasteiger partial charge in [0.25, 0.3) is 0 Å². The first-order valence-electron chi connectivity index (χ1n) is 6.32. The molecule has 1 aliphatic heterocycles. The Morgan fingerprint density at radius 2 is 2.20 bits per heavy atom. The Morgan fingerprint density at radius 1 is 1.40 bits per heavy atom. The van der Waals surface area contributed by atoms with Crippen molar-refractivity contribution in [2.24, 2.45) is 0 Å². The summed E-state index contributed by atoms with van der Waals surface area (Å²) in [4.78, 5) is 20.4. The number of carbonyl (C=O) groups is 1. The van der Waals surface area contributed by atoms with E-state index in [2.05, 4.69) is 29.8 Å². The minimum atomic E-state index is -0.0977. The molecule has 0 saturated carbocycles. The van der Waals surface area contributed by atoms with Crippen LogP contribution < -0.4 is 10.2 Å². The van der Waals surface area contributed by atoms with E-state index in [1.165, 1.54) is 11.5 Å². The van der Waals surface area contributed by atoms with Crippen LogP contribution in [0.4, 0.5) is 15.6 Å². The second-order valence-corrected chi connectivity index (χ2v) is 5.25. The standard InChI is InChI=1S/C11H15N7OS/c1-8-14-11(20-16-8)18-4-2-17(3-5-18)10(19)15-9-6-12-13-7-9/h6-7H,2-5H2,1H3,(H,12,13)(H,15,19). The van der Waals surface area contributed by atoms with Crippen LogP contribution in [0.5, 0.6) is 0 Å². The van der Waals surface area contributed by atoms with Crippen molar-refractivity contribution in [3.63, 3.8) is 0 Å². The molecule has 1 fully saturated rings. The Hall–Kier alpha value is -2.16. The molecular formula is C11H15N7OS. The van der Waals surface area contributed by atoms with Crippen molar-refractivity contribution in [2.75, 3.05) is 36.4 Å². The van der Waals surface area contributed by atoms with E-state index in [-0.39, 0.29) is 6.03 Å². The Bertz CT molecular complexity index is 573. The number of amides is 2. The van der Waals surface area contributed by atoms with E-state index >= 15 is 0 Å². The molecule has 2 N–H and O–H groups in total. The largest absolute Gasteiger partial charge is 0.343 e. The number of carbonyl (C=O) groups excluding carboxylic acids is 1. The van der Waals surface area contributed by atoms with Gasteiger partial charge in [0.05, 0.1) is 11.9 Å². The molecule has 1 aliphatic rings. The molecular weight excluding hydrogens is 278 g/mol. The number of rotatable bonds is 2. The minimum Gasteiger partial charge on any atom is -0.343 e. The van der Waals surface area contributed by atoms with Crippen LogP contribution >= 0.6 is 11.5 Å². The number of piperazine rings is 1. The van der Waals surface area contributed by atoms with Gasteiger partial charge in [-0.25, -0.2) is 9.78 Å². The third kappa shape index (κ3) is 2.72. The molecule has 20 heavy (non-hydrogen) atoms. The van der Waals surface area contributed by atoms with Gasteiger partial charge in [-0.3, -0.25) is 5.10 Å². The van der Waals surface area contributed by atoms with Gasteiger partial charge in [0.15, 0.2) is 0 Å². The molecule has 106 valence electrons. The number of anilines is 2. The van der Waals surface area contributed by atoms with Gasteiger partial charge in [-0.15, -0.1) is 0 Å². The Kier molecular flexibility index (Phi) is 3.50. The highest BCUT2D eigenvalue weighted by Gasteiger charge is 2.23. The summed E-state index contributed by atoms with van der Waals surface area (Å²) in [6.45, 7) is 4.76. The lowest BCUT2D eigenvalue weighted by atomic mass is 10.3. The fourth-order valence-corrected chi connectivity index (χ4v) is 2.76. The highest BCUT2D eigenvalue weighted by Crippen LogP contribution is 2.18. The molecule has 0 radical (unpaired) electrons. The Balaban J connectivity index is 1.54. The van der Waals surface area contributed by atoms with Crippen LogP contribution in [0.25, 0.3) is 0 Å². The molecule has 0 atom stereocenters. The SMILES string of the molecule is Cc1nsc(N2CCN(C(=O)Nc3cn[nH]c3)CC2)n1. The fraction of sp³-hybridized carbons (Fsp3) is 0.455. The molecule has 2 aromatic rings. The molecule has 0 spiro atoms. The number of nitrogens with zero attached hydrogens (tertiary/aromatic N) is 5. The maximum Gasteiger partial charge on any atom is 0.322 e. The lowest BCUT2D eigenvalue weighted by Crippen LogP contribution is -2.50. The van der Waals surface area contributed by atoms with Crippen LogP contribution in [0.3, 0.4) is 0 Å². The summed E-state index contributed by atoms with van der Waals surface area (Å²) in [7, 11) is 0. The monoisotopic (exact) mass is 293 g/mol. The molecule has 3 rings (SSSR count). The first kappa shape index (κ1) is 12.9. The topological polar surface area (TPSA) is 90.0 Å². The zero-order chi connectivity index (χ0) is 13.9. The van der Waals surface area contributed by atoms with Gasteiger partial charge >= 0.3 is 6.03 Å². The van der Waals surface area contributed by atoms with Crippen LogP contribution in [0.15, 0.2) is 12.4 Å². The van der Waals surface area contributed by atoms with Crippen molar-refractivity contribution in [1.82, 2.24) is 24.5 Å². The lowest BCUT2D eigenvalue weighted by molar-refractivity contribution is 0.208. The molecule has 2 amide bonds. The van der Waals surface area contributed by atoms with Crippen LogP contribution in [0.1, 0.15) is 5.82 Å². The van der Waals surface area contributed by atoms with E-state index in [1.54, 1.807) is 17.3 Å². The molecule has 3 heterocycles. The van der Waals surface area contributed by atoms with Gasteiger partial charge in [0.2, 0.25) is 5.13 Å². The third-order valence-corrected chi connectivity index (χ3v) is 3.97. The van der Waals surface area contributed by atoms with Crippen LogP contribution in [-0.2, 0) is 0 Å². The van der Waals surface area contributed by atoms with E-state index in [9.17, 15) is 4.79 Å². The maximum absolute atomic E-state index is 12.0. The molecule has 0 unspecified atom stereocenters. The van der Waals surface area contributed by atoms with Gasteiger partial charge < -0.3 is 15.1 Å². The summed E-state index contributed by atoms with van der Waals surface area (Å²) in [6.07, 6.45) is 3.23. The predicted octanol–water partition coefficient (Wildman–Crippen LogP) is 0.924. The maximum atomic E-state index is 12.0. The van der Waals surface area contributed by atoms with Crippen molar-refractivity contribution >= 4 is 28.4 Å². The van der Waals surface area contributed by atoms with Crippen LogP contribution in [0.2, 0.25) is 0 Å². The number of urea groups is 1. The van der Waals surface area contributed by atoms with Crippen molar-refractivity contribution in [1.29, 1.82) is 0 Å². The van der Waals surface area contributed by atoms with Crippen molar-refractivity contribution < 1.29 is 4.79 Å². The molecule has 9 heteroatoms. The molecule has 1 saturated heterocycles. The van der Waals surface area contributed by atoms with Gasteiger partial charge in [-0.2, -0.15) is 9.47 Å². The van der Waals surface area contributed by atoms with Gasteiger partial charge in [0.1, 0.15) is 5.82 Å². The summed E-state index contributed by atoms with van der Waals surface area (Å²) in [5.41, 5.74) is 0.678. The lowest BCUT2D eigenvalue weighted by Gasteiger charge is -2.34. The summed E-state index contributed by atoms with van der Waals surface area (Å²) in [5, 5.41) is 10.2. The number of hydrogen-bond donors (Lipinski definition) is 2. The van der Waals surface area contributed by atoms with Crippen molar-refractivity contribution in [3.8, 4) is 0 Å². The van der Waals surface area contributed by atoms with Gasteiger partial charge in [-0.05, 0) is 6.92 Å². The summed E-state index contributed by atoms with van der Waals surface area (Å²) in [5.74, 6) is 0.796. The number of hydrogen-bond acceptors (Lipinski definition) is 6. The Labute approximate surface area is 120 Å². The van der Waals surface area contributed by atoms with E-state index in [1.807, 2.05) is 6.92 Å².